The third kappa shape index (κ3) is 7.02. The number of guanidine groups is 1. The molecular formula is C25H32IN5O3. The average molecular weight is 577 g/mol. The van der Waals surface area contributed by atoms with Crippen molar-refractivity contribution in [3.05, 3.63) is 65.5 Å². The summed E-state index contributed by atoms with van der Waals surface area (Å²) in [5, 5.41) is 11.1. The van der Waals surface area contributed by atoms with E-state index in [-0.39, 0.29) is 24.0 Å². The smallest absolute Gasteiger partial charge is 0.196 e. The number of aliphatic imine (C=N–C) groups is 1. The summed E-state index contributed by atoms with van der Waals surface area (Å²) in [5.41, 5.74) is 4.29. The van der Waals surface area contributed by atoms with Crippen LogP contribution in [0.2, 0.25) is 0 Å². The molecule has 4 rings (SSSR count). The number of hydrogen-bond donors (Lipinski definition) is 2. The van der Waals surface area contributed by atoms with Gasteiger partial charge < -0.3 is 24.8 Å². The van der Waals surface area contributed by atoms with E-state index in [9.17, 15) is 0 Å². The predicted molar refractivity (Wildman–Crippen MR) is 145 cm³/mol. The number of nitrogens with one attached hydrogen (secondary N) is 2. The maximum absolute atomic E-state index is 5.83. The molecule has 8 nitrogen and oxygen atoms in total. The zero-order valence-electron chi connectivity index (χ0n) is 19.8. The van der Waals surface area contributed by atoms with Gasteiger partial charge in [-0.2, -0.15) is 5.10 Å². The molecule has 1 aliphatic rings. The second kappa shape index (κ2) is 12.5. The molecule has 0 fully saturated rings. The van der Waals surface area contributed by atoms with Crippen LogP contribution in [0.25, 0.3) is 0 Å². The van der Waals surface area contributed by atoms with Crippen LogP contribution in [0, 0.1) is 6.92 Å². The van der Waals surface area contributed by atoms with Gasteiger partial charge in [-0.1, -0.05) is 17.7 Å². The summed E-state index contributed by atoms with van der Waals surface area (Å²) in [4.78, 5) is 4.76. The molecule has 0 radical (unpaired) electrons. The standard InChI is InChI=1S/C25H31N5O3.HI/c1-18-5-7-22(31-3)20(13-18)9-10-26-25(27-15-19-16-28-30(2)17-19)29-21-6-8-23-24(14-21)33-12-4-11-32-23;/h5-8,13-14,16-17H,4,9-12,15H2,1-3H3,(H2,26,27,29);1H. The SMILES string of the molecule is COc1ccc(C)cc1CCNC(=NCc1cnn(C)c1)Nc1ccc2c(c1)OCCCO2.I. The minimum atomic E-state index is 0. The monoisotopic (exact) mass is 577 g/mol. The Balaban J connectivity index is 0.00000324. The Morgan fingerprint density at radius 3 is 2.74 bits per heavy atom. The molecule has 9 heteroatoms. The number of anilines is 1. The minimum Gasteiger partial charge on any atom is -0.496 e. The lowest BCUT2D eigenvalue weighted by Gasteiger charge is -2.15. The highest BCUT2D eigenvalue weighted by molar-refractivity contribution is 14.0. The number of benzene rings is 2. The molecule has 3 aromatic rings. The van der Waals surface area contributed by atoms with Crippen LogP contribution < -0.4 is 24.8 Å². The molecule has 0 saturated heterocycles. The first-order valence-electron chi connectivity index (χ1n) is 11.2. The number of nitrogens with zero attached hydrogens (tertiary/aromatic N) is 3. The number of aryl methyl sites for hydroxylation is 2. The third-order valence-electron chi connectivity index (χ3n) is 5.31. The Kier molecular flexibility index (Phi) is 9.43. The van der Waals surface area contributed by atoms with Crippen LogP contribution in [0.3, 0.4) is 0 Å². The van der Waals surface area contributed by atoms with E-state index in [2.05, 4.69) is 34.8 Å². The lowest BCUT2D eigenvalue weighted by atomic mass is 10.1. The van der Waals surface area contributed by atoms with E-state index in [1.54, 1.807) is 11.8 Å². The molecule has 0 spiro atoms. The second-order valence-corrected chi connectivity index (χ2v) is 8.02. The molecule has 2 heterocycles. The van der Waals surface area contributed by atoms with Crippen LogP contribution in [-0.2, 0) is 20.0 Å². The van der Waals surface area contributed by atoms with Gasteiger partial charge in [-0.25, -0.2) is 4.99 Å². The summed E-state index contributed by atoms with van der Waals surface area (Å²) in [5.74, 6) is 3.09. The summed E-state index contributed by atoms with van der Waals surface area (Å²) in [6.07, 6.45) is 5.47. The number of hydrogen-bond acceptors (Lipinski definition) is 5. The first-order valence-corrected chi connectivity index (χ1v) is 11.2. The number of ether oxygens (including phenoxy) is 3. The molecule has 1 aromatic heterocycles. The molecule has 0 aliphatic carbocycles. The van der Waals surface area contributed by atoms with Crippen LogP contribution in [-0.4, -0.2) is 42.6 Å². The van der Waals surface area contributed by atoms with Crippen molar-refractivity contribution in [2.45, 2.75) is 26.3 Å². The highest BCUT2D eigenvalue weighted by atomic mass is 127. The second-order valence-electron chi connectivity index (χ2n) is 8.02. The van der Waals surface area contributed by atoms with E-state index in [1.165, 1.54) is 5.56 Å². The van der Waals surface area contributed by atoms with Gasteiger partial charge in [0.25, 0.3) is 0 Å². The molecule has 2 aromatic carbocycles. The molecular weight excluding hydrogens is 545 g/mol. The molecule has 182 valence electrons. The van der Waals surface area contributed by atoms with Crippen molar-refractivity contribution in [2.24, 2.45) is 12.0 Å². The third-order valence-corrected chi connectivity index (χ3v) is 5.31. The van der Waals surface area contributed by atoms with Crippen molar-refractivity contribution in [3.8, 4) is 17.2 Å². The maximum atomic E-state index is 5.83. The number of fused-ring (bicyclic) bond motifs is 1. The first-order chi connectivity index (χ1) is 16.1. The number of halogens is 1. The Labute approximate surface area is 217 Å². The van der Waals surface area contributed by atoms with Gasteiger partial charge in [0.05, 0.1) is 33.1 Å². The number of aromatic nitrogens is 2. The lowest BCUT2D eigenvalue weighted by Crippen LogP contribution is -2.32. The van der Waals surface area contributed by atoms with Crippen LogP contribution in [0.1, 0.15) is 23.1 Å². The van der Waals surface area contributed by atoms with Crippen LogP contribution >= 0.6 is 24.0 Å². The topological polar surface area (TPSA) is 81.9 Å². The van der Waals surface area contributed by atoms with Crippen molar-refractivity contribution >= 4 is 35.6 Å². The number of rotatable bonds is 7. The minimum absolute atomic E-state index is 0. The summed E-state index contributed by atoms with van der Waals surface area (Å²) < 4.78 is 18.9. The fraction of sp³-hybridized carbons (Fsp3) is 0.360. The van der Waals surface area contributed by atoms with Gasteiger partial charge in [-0.05, 0) is 37.1 Å². The molecule has 2 N–H and O–H groups in total. The summed E-state index contributed by atoms with van der Waals surface area (Å²) >= 11 is 0. The van der Waals surface area contributed by atoms with Gasteiger partial charge in [0, 0.05) is 43.5 Å². The molecule has 0 bridgehead atoms. The van der Waals surface area contributed by atoms with Gasteiger partial charge in [0.2, 0.25) is 0 Å². The number of methoxy groups -OCH3 is 1. The van der Waals surface area contributed by atoms with E-state index in [0.29, 0.717) is 32.3 Å². The molecule has 0 saturated carbocycles. The zero-order chi connectivity index (χ0) is 23.0. The lowest BCUT2D eigenvalue weighted by molar-refractivity contribution is 0.297. The maximum Gasteiger partial charge on any atom is 0.196 e. The zero-order valence-corrected chi connectivity index (χ0v) is 22.2. The van der Waals surface area contributed by atoms with Crippen LogP contribution in [0.15, 0.2) is 53.8 Å². The predicted octanol–water partition coefficient (Wildman–Crippen LogP) is 4.32. The van der Waals surface area contributed by atoms with Gasteiger partial charge in [-0.3, -0.25) is 4.68 Å². The van der Waals surface area contributed by atoms with Gasteiger partial charge in [-0.15, -0.1) is 24.0 Å². The summed E-state index contributed by atoms with van der Waals surface area (Å²) in [6, 6.07) is 12.1. The first kappa shape index (κ1) is 25.7. The van der Waals surface area contributed by atoms with E-state index in [4.69, 9.17) is 19.2 Å². The van der Waals surface area contributed by atoms with E-state index in [1.807, 2.05) is 43.7 Å². The van der Waals surface area contributed by atoms with Gasteiger partial charge in [0.15, 0.2) is 17.5 Å². The molecule has 1 aliphatic heterocycles. The van der Waals surface area contributed by atoms with E-state index < -0.39 is 0 Å². The van der Waals surface area contributed by atoms with Crippen LogP contribution in [0.4, 0.5) is 5.69 Å². The van der Waals surface area contributed by atoms with E-state index >= 15 is 0 Å². The highest BCUT2D eigenvalue weighted by Gasteiger charge is 2.12. The molecule has 0 amide bonds. The Morgan fingerprint density at radius 1 is 1.15 bits per heavy atom. The summed E-state index contributed by atoms with van der Waals surface area (Å²) in [6.45, 7) is 4.62. The Bertz CT molecular complexity index is 1120. The van der Waals surface area contributed by atoms with Crippen LogP contribution in [0.5, 0.6) is 17.2 Å². The molecule has 0 atom stereocenters. The van der Waals surface area contributed by atoms with Crippen molar-refractivity contribution in [1.29, 1.82) is 0 Å². The Hall–Kier alpha value is -2.95. The fourth-order valence-electron chi connectivity index (χ4n) is 3.66. The van der Waals surface area contributed by atoms with Gasteiger partial charge >= 0.3 is 0 Å². The normalized spacial score (nSPS) is 13.0. The fourth-order valence-corrected chi connectivity index (χ4v) is 3.66. The van der Waals surface area contributed by atoms with Crippen molar-refractivity contribution in [2.75, 3.05) is 32.2 Å². The Morgan fingerprint density at radius 2 is 1.97 bits per heavy atom. The quantitative estimate of drug-likeness (QED) is 0.248. The van der Waals surface area contributed by atoms with Gasteiger partial charge in [0.1, 0.15) is 5.75 Å². The van der Waals surface area contributed by atoms with Crippen molar-refractivity contribution in [1.82, 2.24) is 15.1 Å². The molecule has 0 unspecified atom stereocenters. The van der Waals surface area contributed by atoms with Crippen molar-refractivity contribution in [3.63, 3.8) is 0 Å². The summed E-state index contributed by atoms with van der Waals surface area (Å²) in [7, 11) is 3.60. The highest BCUT2D eigenvalue weighted by Crippen LogP contribution is 2.32. The molecule has 34 heavy (non-hydrogen) atoms. The average Bonchev–Trinajstić information content (AvgIpc) is 3.09. The largest absolute Gasteiger partial charge is 0.496 e. The van der Waals surface area contributed by atoms with E-state index in [0.717, 1.165) is 46.9 Å². The van der Waals surface area contributed by atoms with Crippen molar-refractivity contribution < 1.29 is 14.2 Å².